The van der Waals surface area contributed by atoms with E-state index in [0.29, 0.717) is 32.4 Å². The molecule has 2 saturated heterocycles. The van der Waals surface area contributed by atoms with Crippen LogP contribution in [-0.4, -0.2) is 55.6 Å². The molecule has 0 bridgehead atoms. The highest BCUT2D eigenvalue weighted by Gasteiger charge is 2.43. The Hall–Kier alpha value is -1.49. The first-order valence-corrected chi connectivity index (χ1v) is 10.5. The molecule has 0 spiro atoms. The van der Waals surface area contributed by atoms with Crippen molar-refractivity contribution in [2.24, 2.45) is 11.7 Å². The summed E-state index contributed by atoms with van der Waals surface area (Å²) in [5.41, 5.74) is 5.32. The number of nitrogens with two attached hydrogens (primary N) is 1. The molecule has 2 aliphatic rings. The van der Waals surface area contributed by atoms with E-state index < -0.39 is 22.3 Å². The number of piperidine rings is 1. The Labute approximate surface area is 151 Å². The van der Waals surface area contributed by atoms with Crippen molar-refractivity contribution in [2.75, 3.05) is 20.1 Å². The molecule has 2 fully saturated rings. The Morgan fingerprint density at radius 3 is 2.56 bits per heavy atom. The van der Waals surface area contributed by atoms with Crippen LogP contribution in [0.4, 0.5) is 0 Å². The number of nitrogens with one attached hydrogen (secondary N) is 1. The molecule has 2 amide bonds. The highest BCUT2D eigenvalue weighted by molar-refractivity contribution is 7.87. The number of primary amides is 1. The normalized spacial score (nSPS) is 28.0. The zero-order chi connectivity index (χ0) is 18.2. The minimum Gasteiger partial charge on any atom is -0.369 e. The minimum atomic E-state index is -3.73. The standard InChI is InChI=1S/C15H22N4O4S2/c1-18-12(15(21)19-6-4-10(5-7-19)14(16)20)9-11(17-25(18,22)23)13-3-2-8-24-13/h2-3,8,10-12,17H,4-7,9H2,1H3,(H2,16,20)/t11-,12+/m0/s1. The van der Waals surface area contributed by atoms with Crippen molar-refractivity contribution in [1.82, 2.24) is 13.9 Å². The van der Waals surface area contributed by atoms with Crippen LogP contribution in [0.5, 0.6) is 0 Å². The number of likely N-dealkylation sites (N-methyl/N-ethyl adjacent to an activating group) is 1. The van der Waals surface area contributed by atoms with Crippen molar-refractivity contribution in [2.45, 2.75) is 31.3 Å². The predicted molar refractivity (Wildman–Crippen MR) is 93.8 cm³/mol. The third-order valence-electron chi connectivity index (χ3n) is 4.95. The van der Waals surface area contributed by atoms with E-state index in [2.05, 4.69) is 4.72 Å². The van der Waals surface area contributed by atoms with Gasteiger partial charge in [0.25, 0.3) is 10.2 Å². The van der Waals surface area contributed by atoms with E-state index in [-0.39, 0.29) is 17.7 Å². The zero-order valence-electron chi connectivity index (χ0n) is 13.9. The Morgan fingerprint density at radius 2 is 2.00 bits per heavy atom. The van der Waals surface area contributed by atoms with Gasteiger partial charge >= 0.3 is 0 Å². The summed E-state index contributed by atoms with van der Waals surface area (Å²) in [5.74, 6) is -0.763. The quantitative estimate of drug-likeness (QED) is 0.764. The average molecular weight is 386 g/mol. The van der Waals surface area contributed by atoms with Crippen molar-refractivity contribution < 1.29 is 18.0 Å². The highest BCUT2D eigenvalue weighted by atomic mass is 32.2. The molecular weight excluding hydrogens is 364 g/mol. The van der Waals surface area contributed by atoms with Gasteiger partial charge in [0.1, 0.15) is 6.04 Å². The molecule has 10 heteroatoms. The fraction of sp³-hybridized carbons (Fsp3) is 0.600. The van der Waals surface area contributed by atoms with Gasteiger partial charge in [-0.3, -0.25) is 9.59 Å². The second kappa shape index (κ2) is 7.02. The number of rotatable bonds is 3. The molecule has 0 saturated carbocycles. The van der Waals surface area contributed by atoms with Crippen molar-refractivity contribution >= 4 is 33.4 Å². The molecule has 0 radical (unpaired) electrons. The van der Waals surface area contributed by atoms with E-state index in [1.807, 2.05) is 17.5 Å². The van der Waals surface area contributed by atoms with E-state index in [4.69, 9.17) is 5.73 Å². The molecule has 2 aliphatic heterocycles. The molecule has 3 rings (SSSR count). The second-order valence-corrected chi connectivity index (χ2v) is 9.20. The maximum atomic E-state index is 12.9. The monoisotopic (exact) mass is 386 g/mol. The van der Waals surface area contributed by atoms with Crippen LogP contribution < -0.4 is 10.5 Å². The fourth-order valence-electron chi connectivity index (χ4n) is 3.37. The first kappa shape index (κ1) is 18.3. The van der Waals surface area contributed by atoms with E-state index in [9.17, 15) is 18.0 Å². The van der Waals surface area contributed by atoms with Crippen molar-refractivity contribution in [3.05, 3.63) is 22.4 Å². The average Bonchev–Trinajstić information content (AvgIpc) is 3.11. The van der Waals surface area contributed by atoms with Crippen LogP contribution in [-0.2, 0) is 19.8 Å². The van der Waals surface area contributed by atoms with Crippen LogP contribution in [0.1, 0.15) is 30.2 Å². The van der Waals surface area contributed by atoms with E-state index in [1.54, 1.807) is 4.90 Å². The second-order valence-electron chi connectivity index (χ2n) is 6.46. The minimum absolute atomic E-state index is 0.211. The van der Waals surface area contributed by atoms with Crippen LogP contribution in [0.25, 0.3) is 0 Å². The summed E-state index contributed by atoms with van der Waals surface area (Å²) < 4.78 is 28.6. The molecule has 1 aromatic heterocycles. The van der Waals surface area contributed by atoms with Gasteiger partial charge in [0, 0.05) is 30.9 Å². The largest absolute Gasteiger partial charge is 0.369 e. The van der Waals surface area contributed by atoms with Gasteiger partial charge in [-0.25, -0.2) is 0 Å². The van der Waals surface area contributed by atoms with Crippen LogP contribution >= 0.6 is 11.3 Å². The lowest BCUT2D eigenvalue weighted by molar-refractivity contribution is -0.138. The smallest absolute Gasteiger partial charge is 0.280 e. The van der Waals surface area contributed by atoms with Gasteiger partial charge in [0.15, 0.2) is 0 Å². The van der Waals surface area contributed by atoms with Gasteiger partial charge in [-0.15, -0.1) is 11.3 Å². The van der Waals surface area contributed by atoms with Gasteiger partial charge in [0.2, 0.25) is 11.8 Å². The Kier molecular flexibility index (Phi) is 5.14. The number of carbonyl (C=O) groups is 2. The third-order valence-corrected chi connectivity index (χ3v) is 7.53. The van der Waals surface area contributed by atoms with Gasteiger partial charge in [-0.2, -0.15) is 17.4 Å². The molecule has 0 unspecified atom stereocenters. The number of likely N-dealkylation sites (tertiary alicyclic amines) is 1. The summed E-state index contributed by atoms with van der Waals surface area (Å²) in [7, 11) is -2.30. The maximum absolute atomic E-state index is 12.9. The lowest BCUT2D eigenvalue weighted by Crippen LogP contribution is -2.58. The van der Waals surface area contributed by atoms with Gasteiger partial charge in [-0.05, 0) is 30.7 Å². The number of carbonyl (C=O) groups excluding carboxylic acids is 2. The SMILES string of the molecule is CN1[C@@H](C(=O)N2CCC(C(N)=O)CC2)C[C@@H](c2cccs2)NS1(=O)=O. The summed E-state index contributed by atoms with van der Waals surface area (Å²) in [4.78, 5) is 26.7. The maximum Gasteiger partial charge on any atom is 0.280 e. The Balaban J connectivity index is 1.75. The first-order valence-electron chi connectivity index (χ1n) is 8.16. The molecule has 3 N–H and O–H groups in total. The van der Waals surface area contributed by atoms with Crippen molar-refractivity contribution in [3.63, 3.8) is 0 Å². The molecule has 8 nitrogen and oxygen atoms in total. The summed E-state index contributed by atoms with van der Waals surface area (Å²) in [6.07, 6.45) is 1.43. The lowest BCUT2D eigenvalue weighted by Gasteiger charge is -2.39. The number of amides is 2. The third kappa shape index (κ3) is 3.71. The topological polar surface area (TPSA) is 113 Å². The van der Waals surface area contributed by atoms with Crippen LogP contribution in [0.15, 0.2) is 17.5 Å². The lowest BCUT2D eigenvalue weighted by atomic mass is 9.95. The highest BCUT2D eigenvalue weighted by Crippen LogP contribution is 2.31. The molecule has 0 aliphatic carbocycles. The molecule has 25 heavy (non-hydrogen) atoms. The summed E-state index contributed by atoms with van der Waals surface area (Å²) in [5, 5.41) is 1.88. The molecule has 0 aromatic carbocycles. The van der Waals surface area contributed by atoms with E-state index >= 15 is 0 Å². The predicted octanol–water partition coefficient (Wildman–Crippen LogP) is 0.0516. The number of hydrogen-bond acceptors (Lipinski definition) is 5. The van der Waals surface area contributed by atoms with Crippen LogP contribution in [0, 0.1) is 5.92 Å². The Bertz CT molecular complexity index is 742. The molecule has 2 atom stereocenters. The summed E-state index contributed by atoms with van der Waals surface area (Å²) >= 11 is 1.46. The number of nitrogens with zero attached hydrogens (tertiary/aromatic N) is 2. The number of thiophene rings is 1. The van der Waals surface area contributed by atoms with Crippen LogP contribution in [0.2, 0.25) is 0 Å². The van der Waals surface area contributed by atoms with Gasteiger partial charge < -0.3 is 10.6 Å². The summed E-state index contributed by atoms with van der Waals surface area (Å²) in [6.45, 7) is 0.849. The molecular formula is C15H22N4O4S2. The first-order chi connectivity index (χ1) is 11.8. The van der Waals surface area contributed by atoms with Gasteiger partial charge in [0.05, 0.1) is 6.04 Å². The molecule has 3 heterocycles. The van der Waals surface area contributed by atoms with E-state index in [1.165, 1.54) is 18.4 Å². The molecule has 138 valence electrons. The zero-order valence-corrected chi connectivity index (χ0v) is 15.6. The Morgan fingerprint density at radius 1 is 1.32 bits per heavy atom. The summed E-state index contributed by atoms with van der Waals surface area (Å²) in [6, 6.07) is 2.57. The van der Waals surface area contributed by atoms with Crippen LogP contribution in [0.3, 0.4) is 0 Å². The molecule has 1 aromatic rings. The van der Waals surface area contributed by atoms with Gasteiger partial charge in [-0.1, -0.05) is 6.07 Å². The van der Waals surface area contributed by atoms with Crippen molar-refractivity contribution in [1.29, 1.82) is 0 Å². The van der Waals surface area contributed by atoms with Crippen molar-refractivity contribution in [3.8, 4) is 0 Å². The number of hydrogen-bond donors (Lipinski definition) is 2. The van der Waals surface area contributed by atoms with E-state index in [0.717, 1.165) is 9.18 Å². The fourth-order valence-corrected chi connectivity index (χ4v) is 5.49.